The zero-order valence-electron chi connectivity index (χ0n) is 11.0. The Bertz CT molecular complexity index is 471. The molecule has 1 aliphatic carbocycles. The van der Waals surface area contributed by atoms with Crippen molar-refractivity contribution in [3.8, 4) is 5.75 Å². The molecule has 0 aliphatic heterocycles. The lowest BCUT2D eigenvalue weighted by Crippen LogP contribution is -2.40. The van der Waals surface area contributed by atoms with Crippen LogP contribution in [0.5, 0.6) is 5.75 Å². The fraction of sp³-hybridized carbons (Fsp3) is 0.500. The Hall–Kier alpha value is -1.62. The van der Waals surface area contributed by atoms with Crippen molar-refractivity contribution in [1.29, 1.82) is 0 Å². The number of ether oxygens (including phenoxy) is 1. The Labute approximate surface area is 112 Å². The molecule has 0 aromatic heterocycles. The summed E-state index contributed by atoms with van der Waals surface area (Å²) in [6, 6.07) is 4.27. The van der Waals surface area contributed by atoms with E-state index >= 15 is 0 Å². The standard InChI is InChI=1S/C14H19FN2O2/c1-19-10-4-5-11(15)12(8-10)17-13(18)14(9-16)6-2-3-7-14/h4-5,8H,2-3,6-7,9,16H2,1H3,(H,17,18). The minimum Gasteiger partial charge on any atom is -0.497 e. The third kappa shape index (κ3) is 2.71. The monoisotopic (exact) mass is 266 g/mol. The van der Waals surface area contributed by atoms with Crippen LogP contribution >= 0.6 is 0 Å². The molecule has 4 nitrogen and oxygen atoms in total. The number of rotatable bonds is 4. The molecule has 1 amide bonds. The minimum absolute atomic E-state index is 0.143. The van der Waals surface area contributed by atoms with Crippen molar-refractivity contribution >= 4 is 11.6 Å². The fourth-order valence-electron chi connectivity index (χ4n) is 2.56. The van der Waals surface area contributed by atoms with E-state index in [9.17, 15) is 9.18 Å². The lowest BCUT2D eigenvalue weighted by atomic mass is 9.85. The van der Waals surface area contributed by atoms with Crippen LogP contribution in [0.4, 0.5) is 10.1 Å². The summed E-state index contributed by atoms with van der Waals surface area (Å²) >= 11 is 0. The molecule has 2 rings (SSSR count). The van der Waals surface area contributed by atoms with Gasteiger partial charge in [-0.3, -0.25) is 4.79 Å². The molecule has 5 heteroatoms. The number of methoxy groups -OCH3 is 1. The van der Waals surface area contributed by atoms with Crippen LogP contribution in [-0.2, 0) is 4.79 Å². The highest BCUT2D eigenvalue weighted by molar-refractivity contribution is 5.96. The highest BCUT2D eigenvalue weighted by atomic mass is 19.1. The smallest absolute Gasteiger partial charge is 0.231 e. The molecule has 3 N–H and O–H groups in total. The van der Waals surface area contributed by atoms with Crippen molar-refractivity contribution in [3.63, 3.8) is 0 Å². The number of nitrogens with one attached hydrogen (secondary N) is 1. The maximum absolute atomic E-state index is 13.7. The number of hydrogen-bond acceptors (Lipinski definition) is 3. The lowest BCUT2D eigenvalue weighted by molar-refractivity contribution is -0.124. The van der Waals surface area contributed by atoms with Gasteiger partial charge in [-0.1, -0.05) is 12.8 Å². The number of carbonyl (C=O) groups excluding carboxylic acids is 1. The molecule has 19 heavy (non-hydrogen) atoms. The van der Waals surface area contributed by atoms with Gasteiger partial charge in [0.25, 0.3) is 0 Å². The highest BCUT2D eigenvalue weighted by Gasteiger charge is 2.40. The van der Waals surface area contributed by atoms with Gasteiger partial charge in [0.05, 0.1) is 18.2 Å². The number of benzene rings is 1. The summed E-state index contributed by atoms with van der Waals surface area (Å²) in [6.07, 6.45) is 3.51. The third-order valence-electron chi connectivity index (χ3n) is 3.85. The maximum Gasteiger partial charge on any atom is 0.231 e. The van der Waals surface area contributed by atoms with Crippen LogP contribution in [-0.4, -0.2) is 19.6 Å². The third-order valence-corrected chi connectivity index (χ3v) is 3.85. The molecule has 0 radical (unpaired) electrons. The van der Waals surface area contributed by atoms with Gasteiger partial charge < -0.3 is 15.8 Å². The first kappa shape index (κ1) is 13.8. The van der Waals surface area contributed by atoms with Crippen molar-refractivity contribution in [2.75, 3.05) is 19.0 Å². The Morgan fingerprint density at radius 3 is 2.74 bits per heavy atom. The first-order valence-electron chi connectivity index (χ1n) is 6.46. The largest absolute Gasteiger partial charge is 0.497 e. The summed E-state index contributed by atoms with van der Waals surface area (Å²) in [5.74, 6) is -0.163. The first-order chi connectivity index (χ1) is 9.11. The van der Waals surface area contributed by atoms with E-state index in [-0.39, 0.29) is 11.6 Å². The van der Waals surface area contributed by atoms with Crippen molar-refractivity contribution in [2.45, 2.75) is 25.7 Å². The molecule has 1 aliphatic rings. The molecule has 1 aromatic rings. The summed E-state index contributed by atoms with van der Waals surface area (Å²) in [5, 5.41) is 2.64. The summed E-state index contributed by atoms with van der Waals surface area (Å²) in [4.78, 5) is 12.3. The van der Waals surface area contributed by atoms with Gasteiger partial charge in [-0.15, -0.1) is 0 Å². The van der Waals surface area contributed by atoms with Crippen molar-refractivity contribution < 1.29 is 13.9 Å². The Morgan fingerprint density at radius 2 is 2.16 bits per heavy atom. The molecule has 1 aromatic carbocycles. The SMILES string of the molecule is COc1ccc(F)c(NC(=O)C2(CN)CCCC2)c1. The van der Waals surface area contributed by atoms with E-state index < -0.39 is 11.2 Å². The molecular weight excluding hydrogens is 247 g/mol. The van der Waals surface area contributed by atoms with E-state index in [1.54, 1.807) is 0 Å². The molecule has 1 saturated carbocycles. The zero-order chi connectivity index (χ0) is 13.9. The lowest BCUT2D eigenvalue weighted by Gasteiger charge is -2.25. The van der Waals surface area contributed by atoms with Crippen molar-refractivity contribution in [2.24, 2.45) is 11.1 Å². The quantitative estimate of drug-likeness (QED) is 0.878. The van der Waals surface area contributed by atoms with Crippen LogP contribution in [0, 0.1) is 11.2 Å². The van der Waals surface area contributed by atoms with E-state index in [0.717, 1.165) is 25.7 Å². The Balaban J connectivity index is 2.18. The Morgan fingerprint density at radius 1 is 1.47 bits per heavy atom. The summed E-state index contributed by atoms with van der Waals surface area (Å²) in [6.45, 7) is 0.296. The molecule has 104 valence electrons. The van der Waals surface area contributed by atoms with Gasteiger partial charge in [-0.2, -0.15) is 0 Å². The summed E-state index contributed by atoms with van der Waals surface area (Å²) in [5.41, 5.74) is 5.33. The number of anilines is 1. The Kier molecular flexibility index (Phi) is 4.04. The maximum atomic E-state index is 13.7. The predicted molar refractivity (Wildman–Crippen MR) is 71.5 cm³/mol. The number of halogens is 1. The van der Waals surface area contributed by atoms with E-state index in [1.807, 2.05) is 0 Å². The number of carbonyl (C=O) groups is 1. The van der Waals surface area contributed by atoms with Crippen LogP contribution in [0.15, 0.2) is 18.2 Å². The van der Waals surface area contributed by atoms with Crippen molar-refractivity contribution in [3.05, 3.63) is 24.0 Å². The van der Waals surface area contributed by atoms with Gasteiger partial charge in [-0.25, -0.2) is 4.39 Å². The van der Waals surface area contributed by atoms with Gasteiger partial charge in [0, 0.05) is 12.6 Å². The summed E-state index contributed by atoms with van der Waals surface area (Å²) in [7, 11) is 1.50. The second-order valence-electron chi connectivity index (χ2n) is 4.99. The van der Waals surface area contributed by atoms with E-state index in [1.165, 1.54) is 25.3 Å². The highest BCUT2D eigenvalue weighted by Crippen LogP contribution is 2.38. The summed E-state index contributed by atoms with van der Waals surface area (Å²) < 4.78 is 18.7. The second kappa shape index (κ2) is 5.57. The predicted octanol–water partition coefficient (Wildman–Crippen LogP) is 2.29. The molecule has 0 heterocycles. The van der Waals surface area contributed by atoms with Gasteiger partial charge in [0.1, 0.15) is 11.6 Å². The fourth-order valence-corrected chi connectivity index (χ4v) is 2.56. The average Bonchev–Trinajstić information content (AvgIpc) is 2.91. The second-order valence-corrected chi connectivity index (χ2v) is 4.99. The average molecular weight is 266 g/mol. The molecule has 1 fully saturated rings. The zero-order valence-corrected chi connectivity index (χ0v) is 11.0. The van der Waals surface area contributed by atoms with Gasteiger partial charge in [-0.05, 0) is 25.0 Å². The molecule has 0 unspecified atom stereocenters. The molecule has 0 atom stereocenters. The number of amides is 1. The molecule has 0 spiro atoms. The van der Waals surface area contributed by atoms with Crippen LogP contribution in [0.3, 0.4) is 0 Å². The van der Waals surface area contributed by atoms with Gasteiger partial charge >= 0.3 is 0 Å². The molecule has 0 bridgehead atoms. The topological polar surface area (TPSA) is 64.3 Å². The first-order valence-corrected chi connectivity index (χ1v) is 6.46. The number of nitrogens with two attached hydrogens (primary N) is 1. The van der Waals surface area contributed by atoms with Gasteiger partial charge in [0.15, 0.2) is 0 Å². The van der Waals surface area contributed by atoms with Gasteiger partial charge in [0.2, 0.25) is 5.91 Å². The van der Waals surface area contributed by atoms with E-state index in [4.69, 9.17) is 10.5 Å². The normalized spacial score (nSPS) is 17.2. The van der Waals surface area contributed by atoms with Crippen LogP contribution < -0.4 is 15.8 Å². The molecular formula is C14H19FN2O2. The molecule has 0 saturated heterocycles. The van der Waals surface area contributed by atoms with Crippen LogP contribution in [0.25, 0.3) is 0 Å². The minimum atomic E-state index is -0.546. The number of hydrogen-bond donors (Lipinski definition) is 2. The van der Waals surface area contributed by atoms with E-state index in [2.05, 4.69) is 5.32 Å². The van der Waals surface area contributed by atoms with Crippen LogP contribution in [0.1, 0.15) is 25.7 Å². The van der Waals surface area contributed by atoms with E-state index in [0.29, 0.717) is 12.3 Å². The van der Waals surface area contributed by atoms with Crippen LogP contribution in [0.2, 0.25) is 0 Å². The van der Waals surface area contributed by atoms with Crippen molar-refractivity contribution in [1.82, 2.24) is 0 Å².